The minimum absolute atomic E-state index is 0.0656. The molecule has 0 aliphatic carbocycles. The molecule has 1 N–H and O–H groups in total. The van der Waals surface area contributed by atoms with Crippen molar-refractivity contribution < 1.29 is 19.4 Å². The van der Waals surface area contributed by atoms with E-state index < -0.39 is 11.9 Å². The molecule has 0 aliphatic rings. The Kier molecular flexibility index (Phi) is 3.72. The number of imidazole rings is 1. The van der Waals surface area contributed by atoms with Gasteiger partial charge in [-0.05, 0) is 12.1 Å². The van der Waals surface area contributed by atoms with E-state index in [9.17, 15) is 14.7 Å². The number of ether oxygens (including phenoxy) is 1. The molecule has 0 bridgehead atoms. The van der Waals surface area contributed by atoms with Crippen molar-refractivity contribution >= 4 is 23.0 Å². The SMILES string of the molecule is COC(=O)Cn1c(C(C)(C)C)nc2cccc(C(=O)O)c21. The zero-order chi connectivity index (χ0) is 15.8. The van der Waals surface area contributed by atoms with E-state index in [4.69, 9.17) is 4.74 Å². The summed E-state index contributed by atoms with van der Waals surface area (Å²) in [6.45, 7) is 5.82. The van der Waals surface area contributed by atoms with Crippen LogP contribution in [0.25, 0.3) is 11.0 Å². The molecule has 0 atom stereocenters. The molecule has 2 rings (SSSR count). The van der Waals surface area contributed by atoms with Gasteiger partial charge in [0.2, 0.25) is 0 Å². The van der Waals surface area contributed by atoms with E-state index in [2.05, 4.69) is 4.98 Å². The highest BCUT2D eigenvalue weighted by Gasteiger charge is 2.26. The molecule has 1 heterocycles. The van der Waals surface area contributed by atoms with Crippen LogP contribution in [0.5, 0.6) is 0 Å². The van der Waals surface area contributed by atoms with Crippen LogP contribution in [0.1, 0.15) is 37.0 Å². The molecular formula is C15H18N2O4. The van der Waals surface area contributed by atoms with Gasteiger partial charge >= 0.3 is 11.9 Å². The van der Waals surface area contributed by atoms with Crippen molar-refractivity contribution in [3.8, 4) is 0 Å². The molecule has 6 heteroatoms. The standard InChI is InChI=1S/C15H18N2O4/c1-15(2,3)14-16-10-7-5-6-9(13(19)20)12(10)17(14)8-11(18)21-4/h5-7H,8H2,1-4H3,(H,19,20). The fourth-order valence-corrected chi connectivity index (χ4v) is 2.28. The summed E-state index contributed by atoms with van der Waals surface area (Å²) < 4.78 is 6.34. The number of rotatable bonds is 3. The summed E-state index contributed by atoms with van der Waals surface area (Å²) in [6.07, 6.45) is 0. The second-order valence-corrected chi connectivity index (χ2v) is 5.83. The van der Waals surface area contributed by atoms with Gasteiger partial charge in [-0.2, -0.15) is 0 Å². The number of aromatic carboxylic acids is 1. The number of carbonyl (C=O) groups excluding carboxylic acids is 1. The van der Waals surface area contributed by atoms with Crippen molar-refractivity contribution in [3.63, 3.8) is 0 Å². The molecule has 0 amide bonds. The molecule has 2 aromatic rings. The maximum atomic E-state index is 11.7. The predicted molar refractivity (Wildman–Crippen MR) is 77.4 cm³/mol. The van der Waals surface area contributed by atoms with Gasteiger partial charge in [0.25, 0.3) is 0 Å². The predicted octanol–water partition coefficient (Wildman–Crippen LogP) is 2.21. The molecule has 112 valence electrons. The molecule has 1 aromatic heterocycles. The average Bonchev–Trinajstić information content (AvgIpc) is 2.77. The Hall–Kier alpha value is -2.37. The van der Waals surface area contributed by atoms with Crippen LogP contribution in [0.15, 0.2) is 18.2 Å². The van der Waals surface area contributed by atoms with Crippen molar-refractivity contribution in [1.29, 1.82) is 0 Å². The molecule has 0 saturated heterocycles. The molecule has 0 unspecified atom stereocenters. The molecule has 0 aliphatic heterocycles. The number of carboxylic acids is 1. The molecule has 1 aromatic carbocycles. The van der Waals surface area contributed by atoms with E-state index in [1.54, 1.807) is 16.7 Å². The number of hydrogen-bond acceptors (Lipinski definition) is 4. The second kappa shape index (κ2) is 5.20. The first-order valence-corrected chi connectivity index (χ1v) is 6.55. The van der Waals surface area contributed by atoms with Crippen LogP contribution < -0.4 is 0 Å². The minimum Gasteiger partial charge on any atom is -0.478 e. The lowest BCUT2D eigenvalue weighted by Crippen LogP contribution is -2.23. The average molecular weight is 290 g/mol. The van der Waals surface area contributed by atoms with Crippen LogP contribution in [-0.4, -0.2) is 33.7 Å². The lowest BCUT2D eigenvalue weighted by Gasteiger charge is -2.19. The van der Waals surface area contributed by atoms with Crippen LogP contribution in [0.2, 0.25) is 0 Å². The van der Waals surface area contributed by atoms with Gasteiger partial charge in [-0.25, -0.2) is 9.78 Å². The van der Waals surface area contributed by atoms with Crippen molar-refractivity contribution in [2.45, 2.75) is 32.7 Å². The van der Waals surface area contributed by atoms with Gasteiger partial charge in [-0.3, -0.25) is 4.79 Å². The van der Waals surface area contributed by atoms with Crippen molar-refractivity contribution in [3.05, 3.63) is 29.6 Å². The van der Waals surface area contributed by atoms with E-state index >= 15 is 0 Å². The van der Waals surface area contributed by atoms with Gasteiger partial charge in [-0.15, -0.1) is 0 Å². The summed E-state index contributed by atoms with van der Waals surface area (Å²) in [5.74, 6) is -0.844. The second-order valence-electron chi connectivity index (χ2n) is 5.83. The maximum absolute atomic E-state index is 11.7. The highest BCUT2D eigenvalue weighted by molar-refractivity contribution is 6.01. The van der Waals surface area contributed by atoms with Crippen LogP contribution >= 0.6 is 0 Å². The van der Waals surface area contributed by atoms with E-state index in [0.717, 1.165) is 0 Å². The maximum Gasteiger partial charge on any atom is 0.337 e. The Bertz CT molecular complexity index is 710. The smallest absolute Gasteiger partial charge is 0.337 e. The normalized spacial score (nSPS) is 11.6. The summed E-state index contributed by atoms with van der Waals surface area (Å²) in [5, 5.41) is 9.35. The first-order chi connectivity index (χ1) is 9.75. The molecule has 0 radical (unpaired) electrons. The highest BCUT2D eigenvalue weighted by Crippen LogP contribution is 2.28. The van der Waals surface area contributed by atoms with Gasteiger partial charge in [0.1, 0.15) is 12.4 Å². The Morgan fingerprint density at radius 1 is 1.33 bits per heavy atom. The lowest BCUT2D eigenvalue weighted by molar-refractivity contribution is -0.141. The summed E-state index contributed by atoms with van der Waals surface area (Å²) in [7, 11) is 1.30. The lowest BCUT2D eigenvalue weighted by atomic mass is 9.95. The number of fused-ring (bicyclic) bond motifs is 1. The Morgan fingerprint density at radius 2 is 2.00 bits per heavy atom. The molecule has 6 nitrogen and oxygen atoms in total. The molecule has 21 heavy (non-hydrogen) atoms. The minimum atomic E-state index is -1.05. The zero-order valence-corrected chi connectivity index (χ0v) is 12.5. The molecule has 0 spiro atoms. The molecule has 0 saturated carbocycles. The monoisotopic (exact) mass is 290 g/mol. The Labute approximate surface area is 122 Å². The van der Waals surface area contributed by atoms with Gasteiger partial charge < -0.3 is 14.4 Å². The summed E-state index contributed by atoms with van der Waals surface area (Å²) >= 11 is 0. The number of hydrogen-bond donors (Lipinski definition) is 1. The topological polar surface area (TPSA) is 81.4 Å². The fourth-order valence-electron chi connectivity index (χ4n) is 2.28. The fraction of sp³-hybridized carbons (Fsp3) is 0.400. The molecular weight excluding hydrogens is 272 g/mol. The highest BCUT2D eigenvalue weighted by atomic mass is 16.5. The number of esters is 1. The van der Waals surface area contributed by atoms with Crippen molar-refractivity contribution in [1.82, 2.24) is 9.55 Å². The van der Waals surface area contributed by atoms with Crippen molar-refractivity contribution in [2.24, 2.45) is 0 Å². The third kappa shape index (κ3) is 2.74. The quantitative estimate of drug-likeness (QED) is 0.876. The zero-order valence-electron chi connectivity index (χ0n) is 12.5. The van der Waals surface area contributed by atoms with Gasteiger partial charge in [-0.1, -0.05) is 26.8 Å². The van der Waals surface area contributed by atoms with E-state index in [0.29, 0.717) is 16.9 Å². The number of carbonyl (C=O) groups is 2. The number of carboxylic acid groups (broad SMARTS) is 1. The summed E-state index contributed by atoms with van der Waals surface area (Å²) in [4.78, 5) is 27.6. The first-order valence-electron chi connectivity index (χ1n) is 6.55. The summed E-state index contributed by atoms with van der Waals surface area (Å²) in [6, 6.07) is 4.89. The van der Waals surface area contributed by atoms with E-state index in [-0.39, 0.29) is 17.5 Å². The van der Waals surface area contributed by atoms with Crippen LogP contribution in [0.3, 0.4) is 0 Å². The van der Waals surface area contributed by atoms with E-state index in [1.165, 1.54) is 13.2 Å². The van der Waals surface area contributed by atoms with Crippen molar-refractivity contribution in [2.75, 3.05) is 7.11 Å². The third-order valence-corrected chi connectivity index (χ3v) is 3.18. The number of methoxy groups -OCH3 is 1. The third-order valence-electron chi connectivity index (χ3n) is 3.18. The number of aromatic nitrogens is 2. The number of benzene rings is 1. The molecule has 0 fully saturated rings. The van der Waals surface area contributed by atoms with Gasteiger partial charge in [0.05, 0.1) is 23.7 Å². The van der Waals surface area contributed by atoms with Crippen LogP contribution in [0.4, 0.5) is 0 Å². The largest absolute Gasteiger partial charge is 0.478 e. The Balaban J connectivity index is 2.80. The number of para-hydroxylation sites is 1. The van der Waals surface area contributed by atoms with Gasteiger partial charge in [0.15, 0.2) is 0 Å². The Morgan fingerprint density at radius 3 is 2.52 bits per heavy atom. The van der Waals surface area contributed by atoms with E-state index in [1.807, 2.05) is 20.8 Å². The summed E-state index contributed by atoms with van der Waals surface area (Å²) in [5.41, 5.74) is 0.798. The van der Waals surface area contributed by atoms with Gasteiger partial charge in [0, 0.05) is 5.41 Å². The number of nitrogens with zero attached hydrogens (tertiary/aromatic N) is 2. The van der Waals surface area contributed by atoms with Crippen LogP contribution in [-0.2, 0) is 21.5 Å². The van der Waals surface area contributed by atoms with Crippen LogP contribution in [0, 0.1) is 0 Å². The first kappa shape index (κ1) is 15.0.